The van der Waals surface area contributed by atoms with Gasteiger partial charge in [-0.3, -0.25) is 0 Å². The van der Waals surface area contributed by atoms with Gasteiger partial charge in [0.25, 0.3) is 0 Å². The van der Waals surface area contributed by atoms with Gasteiger partial charge in [0.15, 0.2) is 0 Å². The quantitative estimate of drug-likeness (QED) is 0.772. The summed E-state index contributed by atoms with van der Waals surface area (Å²) < 4.78 is 37.2. The maximum Gasteiger partial charge on any atom is 0.416 e. The second-order valence-electron chi connectivity index (χ2n) is 3.80. The van der Waals surface area contributed by atoms with Gasteiger partial charge in [0.2, 0.25) is 0 Å². The molecule has 0 fully saturated rings. The molecular weight excluding hydrogens is 215 g/mol. The Morgan fingerprint density at radius 2 is 1.81 bits per heavy atom. The van der Waals surface area contributed by atoms with Crippen molar-refractivity contribution in [2.75, 3.05) is 6.54 Å². The van der Waals surface area contributed by atoms with Gasteiger partial charge in [0, 0.05) is 0 Å². The van der Waals surface area contributed by atoms with Crippen molar-refractivity contribution in [2.45, 2.75) is 31.9 Å². The van der Waals surface area contributed by atoms with E-state index in [1.807, 2.05) is 0 Å². The summed E-state index contributed by atoms with van der Waals surface area (Å²) in [5, 5.41) is 0. The highest BCUT2D eigenvalue weighted by Crippen LogP contribution is 2.29. The average molecular weight is 231 g/mol. The molecule has 0 spiro atoms. The molecule has 0 bridgehead atoms. The number of alkyl halides is 3. The maximum absolute atomic E-state index is 12.4. The summed E-state index contributed by atoms with van der Waals surface area (Å²) >= 11 is 0. The Kier molecular flexibility index (Phi) is 4.80. The molecule has 1 rings (SSSR count). The first-order valence-electron chi connectivity index (χ1n) is 5.40. The zero-order chi connectivity index (χ0) is 12.0. The van der Waals surface area contributed by atoms with E-state index in [0.29, 0.717) is 13.0 Å². The molecule has 4 heteroatoms. The predicted molar refractivity (Wildman–Crippen MR) is 58.1 cm³/mol. The van der Waals surface area contributed by atoms with E-state index in [2.05, 4.69) is 0 Å². The van der Waals surface area contributed by atoms with Crippen LogP contribution in [0.1, 0.15) is 30.4 Å². The van der Waals surface area contributed by atoms with Gasteiger partial charge in [0.1, 0.15) is 0 Å². The number of hydrogen-bond donors (Lipinski definition) is 1. The van der Waals surface area contributed by atoms with Crippen molar-refractivity contribution >= 4 is 0 Å². The van der Waals surface area contributed by atoms with Crippen LogP contribution in [0.5, 0.6) is 0 Å². The predicted octanol–water partition coefficient (Wildman–Crippen LogP) is 3.38. The Labute approximate surface area is 93.5 Å². The summed E-state index contributed by atoms with van der Waals surface area (Å²) in [6, 6.07) is 5.52. The molecule has 0 aromatic heterocycles. The first-order chi connectivity index (χ1) is 7.54. The van der Waals surface area contributed by atoms with Gasteiger partial charge < -0.3 is 5.73 Å². The van der Waals surface area contributed by atoms with E-state index in [4.69, 9.17) is 5.73 Å². The summed E-state index contributed by atoms with van der Waals surface area (Å²) in [5.41, 5.74) is 5.52. The van der Waals surface area contributed by atoms with Crippen LogP contribution in [0.4, 0.5) is 13.2 Å². The minimum Gasteiger partial charge on any atom is -0.330 e. The molecule has 0 aliphatic carbocycles. The van der Waals surface area contributed by atoms with Gasteiger partial charge in [-0.05, 0) is 37.4 Å². The van der Waals surface area contributed by atoms with Gasteiger partial charge in [-0.1, -0.05) is 24.6 Å². The van der Waals surface area contributed by atoms with Gasteiger partial charge in [-0.2, -0.15) is 13.2 Å². The van der Waals surface area contributed by atoms with Crippen molar-refractivity contribution in [3.05, 3.63) is 35.4 Å². The molecule has 0 heterocycles. The lowest BCUT2D eigenvalue weighted by Crippen LogP contribution is -2.05. The highest BCUT2D eigenvalue weighted by atomic mass is 19.4. The van der Waals surface area contributed by atoms with Crippen molar-refractivity contribution in [1.29, 1.82) is 0 Å². The molecule has 0 saturated carbocycles. The first kappa shape index (κ1) is 13.0. The highest BCUT2D eigenvalue weighted by molar-refractivity contribution is 5.25. The van der Waals surface area contributed by atoms with Crippen LogP contribution >= 0.6 is 0 Å². The number of halogens is 3. The van der Waals surface area contributed by atoms with Crippen LogP contribution in [0.3, 0.4) is 0 Å². The van der Waals surface area contributed by atoms with Crippen molar-refractivity contribution in [3.8, 4) is 0 Å². The third kappa shape index (κ3) is 4.23. The van der Waals surface area contributed by atoms with E-state index >= 15 is 0 Å². The van der Waals surface area contributed by atoms with Crippen molar-refractivity contribution in [2.24, 2.45) is 5.73 Å². The Hall–Kier alpha value is -1.03. The van der Waals surface area contributed by atoms with Crippen LogP contribution in [0.15, 0.2) is 24.3 Å². The first-order valence-corrected chi connectivity index (χ1v) is 5.40. The second kappa shape index (κ2) is 5.89. The van der Waals surface area contributed by atoms with E-state index in [1.54, 1.807) is 6.07 Å². The van der Waals surface area contributed by atoms with Crippen LogP contribution in [-0.4, -0.2) is 6.54 Å². The molecule has 1 aromatic rings. The maximum atomic E-state index is 12.4. The lowest BCUT2D eigenvalue weighted by Gasteiger charge is -2.08. The molecular formula is C12H16F3N. The fraction of sp³-hybridized carbons (Fsp3) is 0.500. The SMILES string of the molecule is NCCCCCc1cccc(C(F)(F)F)c1. The molecule has 0 aliphatic rings. The van der Waals surface area contributed by atoms with Gasteiger partial charge in [0.05, 0.1) is 5.56 Å². The summed E-state index contributed by atoms with van der Waals surface area (Å²) in [5.74, 6) is 0. The molecule has 1 aromatic carbocycles. The minimum absolute atomic E-state index is 0.566. The van der Waals surface area contributed by atoms with Crippen molar-refractivity contribution in [1.82, 2.24) is 0 Å². The van der Waals surface area contributed by atoms with Crippen LogP contribution in [0.2, 0.25) is 0 Å². The summed E-state index contributed by atoms with van der Waals surface area (Å²) in [6.07, 6.45) is -0.776. The summed E-state index contributed by atoms with van der Waals surface area (Å²) in [4.78, 5) is 0. The zero-order valence-electron chi connectivity index (χ0n) is 9.06. The fourth-order valence-electron chi connectivity index (χ4n) is 1.55. The highest BCUT2D eigenvalue weighted by Gasteiger charge is 2.30. The number of unbranched alkanes of at least 4 members (excludes halogenated alkanes) is 2. The van der Waals surface area contributed by atoms with E-state index in [0.717, 1.165) is 30.9 Å². The Balaban J connectivity index is 2.54. The van der Waals surface area contributed by atoms with Crippen LogP contribution < -0.4 is 5.73 Å². The molecule has 16 heavy (non-hydrogen) atoms. The third-order valence-corrected chi connectivity index (χ3v) is 2.42. The molecule has 2 N–H and O–H groups in total. The van der Waals surface area contributed by atoms with Crippen molar-refractivity contribution in [3.63, 3.8) is 0 Å². The van der Waals surface area contributed by atoms with Crippen LogP contribution in [0.25, 0.3) is 0 Å². The van der Waals surface area contributed by atoms with Crippen LogP contribution in [0, 0.1) is 0 Å². The summed E-state index contributed by atoms with van der Waals surface area (Å²) in [7, 11) is 0. The molecule has 0 saturated heterocycles. The van der Waals surface area contributed by atoms with Gasteiger partial charge in [-0.15, -0.1) is 0 Å². The normalized spacial score (nSPS) is 11.8. The minimum atomic E-state index is -4.24. The van der Waals surface area contributed by atoms with E-state index < -0.39 is 11.7 Å². The molecule has 0 unspecified atom stereocenters. The number of benzene rings is 1. The number of aryl methyl sites for hydroxylation is 1. The van der Waals surface area contributed by atoms with Crippen LogP contribution in [-0.2, 0) is 12.6 Å². The molecule has 0 amide bonds. The Bertz CT molecular complexity index is 320. The van der Waals surface area contributed by atoms with E-state index in [9.17, 15) is 13.2 Å². The smallest absolute Gasteiger partial charge is 0.330 e. The Morgan fingerprint density at radius 3 is 2.44 bits per heavy atom. The van der Waals surface area contributed by atoms with Gasteiger partial charge in [-0.25, -0.2) is 0 Å². The zero-order valence-corrected chi connectivity index (χ0v) is 9.06. The second-order valence-corrected chi connectivity index (χ2v) is 3.80. The number of rotatable bonds is 5. The van der Waals surface area contributed by atoms with Crippen molar-refractivity contribution < 1.29 is 13.2 Å². The molecule has 0 radical (unpaired) electrons. The van der Waals surface area contributed by atoms with E-state index in [-0.39, 0.29) is 0 Å². The number of hydrogen-bond acceptors (Lipinski definition) is 1. The molecule has 1 nitrogen and oxygen atoms in total. The Morgan fingerprint density at radius 1 is 1.06 bits per heavy atom. The van der Waals surface area contributed by atoms with Gasteiger partial charge >= 0.3 is 6.18 Å². The number of nitrogens with two attached hydrogens (primary N) is 1. The molecule has 0 atom stereocenters. The third-order valence-electron chi connectivity index (χ3n) is 2.42. The topological polar surface area (TPSA) is 26.0 Å². The average Bonchev–Trinajstić information content (AvgIpc) is 2.24. The molecule has 0 aliphatic heterocycles. The fourth-order valence-corrected chi connectivity index (χ4v) is 1.55. The summed E-state index contributed by atoms with van der Waals surface area (Å²) in [6.45, 7) is 0.641. The largest absolute Gasteiger partial charge is 0.416 e. The standard InChI is InChI=1S/C12H16F3N/c13-12(14,15)11-7-4-6-10(9-11)5-2-1-3-8-16/h4,6-7,9H,1-3,5,8,16H2. The van der Waals surface area contributed by atoms with E-state index in [1.165, 1.54) is 12.1 Å². The lowest BCUT2D eigenvalue weighted by molar-refractivity contribution is -0.137. The monoisotopic (exact) mass is 231 g/mol. The molecule has 90 valence electrons. The lowest BCUT2D eigenvalue weighted by atomic mass is 10.0.